The van der Waals surface area contributed by atoms with E-state index in [9.17, 15) is 17.6 Å². The zero-order chi connectivity index (χ0) is 15.0. The normalized spacial score (nSPS) is 12.3. The first-order valence-corrected chi connectivity index (χ1v) is 8.19. The molecule has 0 heterocycles. The summed E-state index contributed by atoms with van der Waals surface area (Å²) in [5.41, 5.74) is -1.00. The molecule has 8 heteroatoms. The first kappa shape index (κ1) is 16.4. The minimum Gasteiger partial charge on any atom is -0.456 e. The van der Waals surface area contributed by atoms with Gasteiger partial charge in [-0.3, -0.25) is 0 Å². The third kappa shape index (κ3) is 4.43. The molecule has 0 amide bonds. The standard InChI is InChI=1S/C11H11BrClFO4S/c1-11(2,3)18-10(15)6-4-7(14)9(12)8(5-6)19(13,16)17/h4-5H,1-3H3. The highest BCUT2D eigenvalue weighted by Gasteiger charge is 2.24. The van der Waals surface area contributed by atoms with E-state index in [1.165, 1.54) is 0 Å². The fraction of sp³-hybridized carbons (Fsp3) is 0.364. The van der Waals surface area contributed by atoms with Crippen molar-refractivity contribution < 1.29 is 22.3 Å². The SMILES string of the molecule is CC(C)(C)OC(=O)c1cc(F)c(Br)c(S(=O)(=O)Cl)c1. The van der Waals surface area contributed by atoms with Crippen molar-refractivity contribution in [2.75, 3.05) is 0 Å². The predicted octanol–water partition coefficient (Wildman–Crippen LogP) is 3.47. The number of carbonyl (C=O) groups is 1. The quantitative estimate of drug-likeness (QED) is 0.588. The lowest BCUT2D eigenvalue weighted by molar-refractivity contribution is 0.00687. The summed E-state index contributed by atoms with van der Waals surface area (Å²) < 4.78 is 40.9. The van der Waals surface area contributed by atoms with Crippen LogP contribution >= 0.6 is 26.6 Å². The van der Waals surface area contributed by atoms with E-state index in [0.29, 0.717) is 0 Å². The van der Waals surface area contributed by atoms with E-state index in [-0.39, 0.29) is 10.0 Å². The van der Waals surface area contributed by atoms with Crippen molar-refractivity contribution in [1.82, 2.24) is 0 Å². The number of esters is 1. The third-order valence-corrected chi connectivity index (χ3v) is 4.31. The summed E-state index contributed by atoms with van der Waals surface area (Å²) in [6, 6.07) is 1.84. The second-order valence-electron chi connectivity index (χ2n) is 4.71. The number of hydrogen-bond donors (Lipinski definition) is 0. The maximum Gasteiger partial charge on any atom is 0.338 e. The van der Waals surface area contributed by atoms with Crippen LogP contribution in [0.4, 0.5) is 4.39 Å². The van der Waals surface area contributed by atoms with Gasteiger partial charge in [0.2, 0.25) is 0 Å². The Morgan fingerprint density at radius 1 is 1.37 bits per heavy atom. The van der Waals surface area contributed by atoms with Crippen molar-refractivity contribution >= 4 is 41.6 Å². The molecule has 0 unspecified atom stereocenters. The van der Waals surface area contributed by atoms with Crippen LogP contribution < -0.4 is 0 Å². The lowest BCUT2D eigenvalue weighted by Gasteiger charge is -2.19. The average Bonchev–Trinajstić information content (AvgIpc) is 2.17. The van der Waals surface area contributed by atoms with Crippen molar-refractivity contribution in [3.8, 4) is 0 Å². The third-order valence-electron chi connectivity index (χ3n) is 1.89. The maximum absolute atomic E-state index is 13.6. The van der Waals surface area contributed by atoms with Gasteiger partial charge in [-0.2, -0.15) is 0 Å². The topological polar surface area (TPSA) is 60.4 Å². The van der Waals surface area contributed by atoms with Crippen LogP contribution in [-0.4, -0.2) is 20.0 Å². The molecule has 0 aliphatic heterocycles. The van der Waals surface area contributed by atoms with Crippen LogP contribution in [0.5, 0.6) is 0 Å². The van der Waals surface area contributed by atoms with E-state index < -0.39 is 31.3 Å². The van der Waals surface area contributed by atoms with Gasteiger partial charge in [-0.05, 0) is 48.8 Å². The zero-order valence-electron chi connectivity index (χ0n) is 10.3. The fourth-order valence-electron chi connectivity index (χ4n) is 1.20. The van der Waals surface area contributed by atoms with Crippen molar-refractivity contribution in [1.29, 1.82) is 0 Å². The number of carbonyl (C=O) groups excluding carboxylic acids is 1. The number of halogens is 3. The van der Waals surface area contributed by atoms with E-state index in [1.54, 1.807) is 20.8 Å². The smallest absolute Gasteiger partial charge is 0.338 e. The number of ether oxygens (including phenoxy) is 1. The van der Waals surface area contributed by atoms with Crippen molar-refractivity contribution in [2.24, 2.45) is 0 Å². The highest BCUT2D eigenvalue weighted by molar-refractivity contribution is 9.10. The molecular formula is C11H11BrClFO4S. The van der Waals surface area contributed by atoms with Gasteiger partial charge in [0.1, 0.15) is 16.3 Å². The molecule has 0 atom stereocenters. The van der Waals surface area contributed by atoms with Crippen molar-refractivity contribution in [2.45, 2.75) is 31.3 Å². The molecule has 0 spiro atoms. The second kappa shape index (κ2) is 5.38. The monoisotopic (exact) mass is 372 g/mol. The van der Waals surface area contributed by atoms with Gasteiger partial charge in [-0.15, -0.1) is 0 Å². The lowest BCUT2D eigenvalue weighted by Crippen LogP contribution is -2.24. The van der Waals surface area contributed by atoms with Gasteiger partial charge in [-0.1, -0.05) is 0 Å². The molecule has 4 nitrogen and oxygen atoms in total. The van der Waals surface area contributed by atoms with Gasteiger partial charge in [-0.25, -0.2) is 17.6 Å². The largest absolute Gasteiger partial charge is 0.456 e. The molecule has 0 N–H and O–H groups in total. The van der Waals surface area contributed by atoms with Gasteiger partial charge in [0.25, 0.3) is 9.05 Å². The fourth-order valence-corrected chi connectivity index (χ4v) is 3.29. The molecule has 0 radical (unpaired) electrons. The number of rotatable bonds is 2. The van der Waals surface area contributed by atoms with Crippen LogP contribution in [0.1, 0.15) is 31.1 Å². The Morgan fingerprint density at radius 3 is 2.32 bits per heavy atom. The van der Waals surface area contributed by atoms with Crippen LogP contribution in [0.3, 0.4) is 0 Å². The van der Waals surface area contributed by atoms with E-state index in [4.69, 9.17) is 15.4 Å². The lowest BCUT2D eigenvalue weighted by atomic mass is 10.1. The van der Waals surface area contributed by atoms with Crippen LogP contribution in [0.2, 0.25) is 0 Å². The molecule has 106 valence electrons. The molecule has 0 aliphatic rings. The van der Waals surface area contributed by atoms with Gasteiger partial charge in [0.15, 0.2) is 0 Å². The highest BCUT2D eigenvalue weighted by atomic mass is 79.9. The van der Waals surface area contributed by atoms with Crippen molar-refractivity contribution in [3.63, 3.8) is 0 Å². The van der Waals surface area contributed by atoms with E-state index >= 15 is 0 Å². The first-order valence-electron chi connectivity index (χ1n) is 5.09. The molecule has 1 rings (SSSR count). The molecular weight excluding hydrogens is 363 g/mol. The van der Waals surface area contributed by atoms with E-state index in [1.807, 2.05) is 0 Å². The second-order valence-corrected chi connectivity index (χ2v) is 8.04. The highest BCUT2D eigenvalue weighted by Crippen LogP contribution is 2.29. The molecule has 1 aromatic rings. The summed E-state index contributed by atoms with van der Waals surface area (Å²) in [4.78, 5) is 11.2. The summed E-state index contributed by atoms with van der Waals surface area (Å²) in [6.07, 6.45) is 0. The zero-order valence-corrected chi connectivity index (χ0v) is 13.5. The van der Waals surface area contributed by atoms with Crippen LogP contribution in [0.25, 0.3) is 0 Å². The van der Waals surface area contributed by atoms with E-state index in [0.717, 1.165) is 12.1 Å². The molecule has 0 aromatic heterocycles. The van der Waals surface area contributed by atoms with Gasteiger partial charge < -0.3 is 4.74 Å². The predicted molar refractivity (Wildman–Crippen MR) is 72.3 cm³/mol. The van der Waals surface area contributed by atoms with Gasteiger partial charge in [0, 0.05) is 10.7 Å². The Balaban J connectivity index is 3.33. The molecule has 0 bridgehead atoms. The number of benzene rings is 1. The summed E-state index contributed by atoms with van der Waals surface area (Å²) >= 11 is 2.77. The maximum atomic E-state index is 13.6. The molecule has 0 saturated carbocycles. The molecule has 0 fully saturated rings. The minimum atomic E-state index is -4.18. The van der Waals surface area contributed by atoms with E-state index in [2.05, 4.69) is 15.9 Å². The van der Waals surface area contributed by atoms with Crippen molar-refractivity contribution in [3.05, 3.63) is 28.0 Å². The molecule has 19 heavy (non-hydrogen) atoms. The Bertz CT molecular complexity index is 622. The average molecular weight is 374 g/mol. The Morgan fingerprint density at radius 2 is 1.89 bits per heavy atom. The Hall–Kier alpha value is -0.660. The summed E-state index contributed by atoms with van der Waals surface area (Å²) in [7, 11) is 0.991. The first-order chi connectivity index (χ1) is 8.42. The summed E-state index contributed by atoms with van der Waals surface area (Å²) in [5, 5.41) is 0. The molecule has 1 aromatic carbocycles. The Kier molecular flexibility index (Phi) is 4.64. The minimum absolute atomic E-state index is 0.227. The van der Waals surface area contributed by atoms with Crippen LogP contribution in [0, 0.1) is 5.82 Å². The Labute approximate surface area is 123 Å². The van der Waals surface area contributed by atoms with Crippen LogP contribution in [-0.2, 0) is 13.8 Å². The molecule has 0 aliphatic carbocycles. The summed E-state index contributed by atoms with van der Waals surface area (Å²) in [5.74, 6) is -1.75. The number of hydrogen-bond acceptors (Lipinski definition) is 4. The molecule has 0 saturated heterocycles. The van der Waals surface area contributed by atoms with Gasteiger partial charge in [0.05, 0.1) is 10.0 Å². The van der Waals surface area contributed by atoms with Gasteiger partial charge >= 0.3 is 5.97 Å². The van der Waals surface area contributed by atoms with Crippen LogP contribution in [0.15, 0.2) is 21.5 Å². The summed E-state index contributed by atoms with van der Waals surface area (Å²) in [6.45, 7) is 4.91.